The smallest absolute Gasteiger partial charge is 0.145 e. The molecule has 8 heteroatoms. The molecular weight excluding hydrogens is 423 g/mol. The predicted octanol–water partition coefficient (Wildman–Crippen LogP) is 2.80. The van der Waals surface area contributed by atoms with Crippen LogP contribution in [0.3, 0.4) is 0 Å². The summed E-state index contributed by atoms with van der Waals surface area (Å²) in [4.78, 5) is 4.13. The summed E-state index contributed by atoms with van der Waals surface area (Å²) in [6.07, 6.45) is -0.506. The van der Waals surface area contributed by atoms with Gasteiger partial charge >= 0.3 is 0 Å². The quantitative estimate of drug-likeness (QED) is 0.610. The van der Waals surface area contributed by atoms with Crippen molar-refractivity contribution in [2.45, 2.75) is 24.7 Å². The Balaban J connectivity index is 1.55. The Morgan fingerprint density at radius 2 is 1.87 bits per heavy atom. The number of piperidine rings is 1. The lowest BCUT2D eigenvalue weighted by molar-refractivity contribution is -0.140. The van der Waals surface area contributed by atoms with Crippen molar-refractivity contribution >= 4 is 11.6 Å². The molecule has 0 saturated carbocycles. The number of likely N-dealkylation sites (tertiary alicyclic amines) is 1. The van der Waals surface area contributed by atoms with Gasteiger partial charge in [-0.25, -0.2) is 4.39 Å². The van der Waals surface area contributed by atoms with E-state index in [4.69, 9.17) is 21.1 Å². The van der Waals surface area contributed by atoms with E-state index in [1.54, 1.807) is 0 Å². The lowest BCUT2D eigenvalue weighted by Crippen LogP contribution is -2.59. The molecule has 1 aliphatic rings. The summed E-state index contributed by atoms with van der Waals surface area (Å²) < 4.78 is 24.9. The van der Waals surface area contributed by atoms with Crippen molar-refractivity contribution < 1.29 is 24.1 Å². The third-order valence-electron chi connectivity index (χ3n) is 5.35. The van der Waals surface area contributed by atoms with E-state index in [9.17, 15) is 14.6 Å². The first-order valence-electron chi connectivity index (χ1n) is 10.3. The topological polar surface area (TPSA) is 65.4 Å². The van der Waals surface area contributed by atoms with E-state index in [0.29, 0.717) is 26.1 Å². The first-order chi connectivity index (χ1) is 14.7. The van der Waals surface area contributed by atoms with Crippen LogP contribution in [-0.4, -0.2) is 78.7 Å². The van der Waals surface area contributed by atoms with Crippen molar-refractivity contribution in [3.05, 3.63) is 58.9 Å². The van der Waals surface area contributed by atoms with Crippen LogP contribution in [-0.2, 0) is 6.54 Å². The summed E-state index contributed by atoms with van der Waals surface area (Å²) in [5, 5.41) is 21.4. The van der Waals surface area contributed by atoms with Crippen LogP contribution >= 0.6 is 11.6 Å². The summed E-state index contributed by atoms with van der Waals surface area (Å²) in [7, 11) is 4.00. The van der Waals surface area contributed by atoms with E-state index in [0.717, 1.165) is 17.9 Å². The second-order valence-electron chi connectivity index (χ2n) is 8.28. The molecule has 0 unspecified atom stereocenters. The van der Waals surface area contributed by atoms with Crippen LogP contribution in [0.1, 0.15) is 12.0 Å². The average molecular weight is 453 g/mol. The zero-order valence-corrected chi connectivity index (χ0v) is 18.7. The number of hydrogen-bond acceptors (Lipinski definition) is 6. The molecular formula is C23H30ClFN2O4. The van der Waals surface area contributed by atoms with Crippen molar-refractivity contribution in [3.8, 4) is 11.5 Å². The fourth-order valence-electron chi connectivity index (χ4n) is 3.49. The fourth-order valence-corrected chi connectivity index (χ4v) is 3.61. The highest BCUT2D eigenvalue weighted by Gasteiger charge is 2.42. The number of benzene rings is 2. The number of rotatable bonds is 9. The summed E-state index contributed by atoms with van der Waals surface area (Å²) in [5.41, 5.74) is -0.372. The number of aliphatic hydroxyl groups excluding tert-OH is 1. The molecule has 3 rings (SSSR count). The summed E-state index contributed by atoms with van der Waals surface area (Å²) >= 11 is 5.69. The van der Waals surface area contributed by atoms with Crippen molar-refractivity contribution in [3.63, 3.8) is 0 Å². The maximum absolute atomic E-state index is 13.6. The predicted molar refractivity (Wildman–Crippen MR) is 118 cm³/mol. The van der Waals surface area contributed by atoms with Crippen molar-refractivity contribution in [2.75, 3.05) is 46.9 Å². The highest BCUT2D eigenvalue weighted by Crippen LogP contribution is 2.26. The van der Waals surface area contributed by atoms with Gasteiger partial charge in [-0.2, -0.15) is 0 Å². The van der Waals surface area contributed by atoms with Crippen LogP contribution in [0.25, 0.3) is 0 Å². The van der Waals surface area contributed by atoms with Gasteiger partial charge in [0, 0.05) is 32.2 Å². The van der Waals surface area contributed by atoms with Gasteiger partial charge in [-0.3, -0.25) is 4.90 Å². The summed E-state index contributed by atoms with van der Waals surface area (Å²) in [5.74, 6) is 0.482. The number of hydrogen-bond donors (Lipinski definition) is 2. The van der Waals surface area contributed by atoms with Gasteiger partial charge in [0.05, 0.1) is 11.1 Å². The molecule has 0 bridgehead atoms. The second kappa shape index (κ2) is 10.6. The van der Waals surface area contributed by atoms with Crippen molar-refractivity contribution in [1.29, 1.82) is 0 Å². The van der Waals surface area contributed by atoms with E-state index in [-0.39, 0.29) is 23.9 Å². The maximum Gasteiger partial charge on any atom is 0.145 e. The van der Waals surface area contributed by atoms with Crippen molar-refractivity contribution in [1.82, 2.24) is 9.80 Å². The van der Waals surface area contributed by atoms with Gasteiger partial charge in [0.15, 0.2) is 0 Å². The zero-order valence-electron chi connectivity index (χ0n) is 17.9. The minimum absolute atomic E-state index is 0.00376. The van der Waals surface area contributed by atoms with Gasteiger partial charge in [-0.05, 0) is 50.3 Å². The Morgan fingerprint density at radius 3 is 2.55 bits per heavy atom. The first-order valence-corrected chi connectivity index (χ1v) is 10.7. The van der Waals surface area contributed by atoms with Gasteiger partial charge in [0.1, 0.15) is 36.1 Å². The monoisotopic (exact) mass is 452 g/mol. The Hall–Kier alpha value is -1.90. The number of halogens is 2. The molecule has 2 N–H and O–H groups in total. The average Bonchev–Trinajstić information content (AvgIpc) is 2.73. The zero-order chi connectivity index (χ0) is 22.4. The standard InChI is InChI=1S/C23H30ClFN2O4/c1-26(2)11-12-30-18-5-3-17(4-6-18)14-27-10-9-22(28)23(29,15-27)16-31-19-7-8-20(24)21(25)13-19/h3-8,13,22,28-29H,9-12,14-16H2,1-2H3/t22-,23-/m0/s1. The van der Waals surface area contributed by atoms with E-state index < -0.39 is 17.5 Å². The molecule has 31 heavy (non-hydrogen) atoms. The normalized spacial score (nSPS) is 22.0. The van der Waals surface area contributed by atoms with Crippen LogP contribution < -0.4 is 9.47 Å². The molecule has 2 atom stereocenters. The minimum atomic E-state index is -1.45. The molecule has 1 fully saturated rings. The van der Waals surface area contributed by atoms with Gasteiger partial charge in [-0.1, -0.05) is 23.7 Å². The molecule has 170 valence electrons. The lowest BCUT2D eigenvalue weighted by Gasteiger charge is -2.42. The fraction of sp³-hybridized carbons (Fsp3) is 0.478. The SMILES string of the molecule is CN(C)CCOc1ccc(CN2CC[C@H](O)[C@@](O)(COc3ccc(Cl)c(F)c3)C2)cc1. The van der Waals surface area contributed by atoms with Crippen LogP contribution in [0.4, 0.5) is 4.39 Å². The van der Waals surface area contributed by atoms with Crippen LogP contribution in [0.15, 0.2) is 42.5 Å². The summed E-state index contributed by atoms with van der Waals surface area (Å²) in [6, 6.07) is 12.0. The van der Waals surface area contributed by atoms with E-state index in [1.165, 1.54) is 18.2 Å². The molecule has 0 aromatic heterocycles. The Bertz CT molecular complexity index is 852. The van der Waals surface area contributed by atoms with Gasteiger partial charge in [-0.15, -0.1) is 0 Å². The number of ether oxygens (including phenoxy) is 2. The molecule has 1 aliphatic heterocycles. The summed E-state index contributed by atoms with van der Waals surface area (Å²) in [6.45, 7) is 2.85. The number of likely N-dealkylation sites (N-methyl/N-ethyl adjacent to an activating group) is 1. The molecule has 0 radical (unpaired) electrons. The maximum atomic E-state index is 13.6. The lowest BCUT2D eigenvalue weighted by atomic mass is 9.90. The van der Waals surface area contributed by atoms with Gasteiger partial charge in [0.2, 0.25) is 0 Å². The number of β-amino-alcohol motifs (C(OH)–C–C–N with tert-alkyl or cyclic N) is 1. The Labute approximate surface area is 187 Å². The third kappa shape index (κ3) is 6.79. The van der Waals surface area contributed by atoms with Gasteiger partial charge in [0.25, 0.3) is 0 Å². The van der Waals surface area contributed by atoms with Crippen molar-refractivity contribution in [2.24, 2.45) is 0 Å². The number of aliphatic hydroxyl groups is 2. The molecule has 2 aromatic rings. The Morgan fingerprint density at radius 1 is 1.16 bits per heavy atom. The number of nitrogens with zero attached hydrogens (tertiary/aromatic N) is 2. The minimum Gasteiger partial charge on any atom is -0.492 e. The largest absolute Gasteiger partial charge is 0.492 e. The van der Waals surface area contributed by atoms with Gasteiger partial charge < -0.3 is 24.6 Å². The second-order valence-corrected chi connectivity index (χ2v) is 8.69. The molecule has 1 heterocycles. The van der Waals surface area contributed by atoms with Crippen LogP contribution in [0, 0.1) is 5.82 Å². The highest BCUT2D eigenvalue weighted by molar-refractivity contribution is 6.30. The molecule has 1 saturated heterocycles. The van der Waals surface area contributed by atoms with E-state index in [2.05, 4.69) is 9.80 Å². The molecule has 0 aliphatic carbocycles. The van der Waals surface area contributed by atoms with Crippen LogP contribution in [0.2, 0.25) is 5.02 Å². The van der Waals surface area contributed by atoms with E-state index >= 15 is 0 Å². The molecule has 2 aromatic carbocycles. The first kappa shape index (κ1) is 23.8. The molecule has 6 nitrogen and oxygen atoms in total. The molecule has 0 amide bonds. The Kier molecular flexibility index (Phi) is 8.13. The highest BCUT2D eigenvalue weighted by atomic mass is 35.5. The third-order valence-corrected chi connectivity index (χ3v) is 5.66. The van der Waals surface area contributed by atoms with Crippen LogP contribution in [0.5, 0.6) is 11.5 Å². The van der Waals surface area contributed by atoms with E-state index in [1.807, 2.05) is 38.4 Å². The molecule has 0 spiro atoms.